The third-order valence-corrected chi connectivity index (χ3v) is 10.9. The highest BCUT2D eigenvalue weighted by Gasteiger charge is 2.43. The first-order valence-corrected chi connectivity index (χ1v) is 17.2. The van der Waals surface area contributed by atoms with E-state index in [0.29, 0.717) is 50.4 Å². The Balaban J connectivity index is 1.16. The molecule has 0 atom stereocenters. The lowest BCUT2D eigenvalue weighted by molar-refractivity contribution is -0.142. The zero-order chi connectivity index (χ0) is 32.0. The number of fused-ring (bicyclic) bond motifs is 6. The Morgan fingerprint density at radius 1 is 0.979 bits per heavy atom. The monoisotopic (exact) mass is 630 g/mol. The molecule has 4 aromatic rings. The molecule has 0 unspecified atom stereocenters. The Labute approximate surface area is 275 Å². The van der Waals surface area contributed by atoms with Gasteiger partial charge in [0.1, 0.15) is 12.4 Å². The van der Waals surface area contributed by atoms with E-state index in [9.17, 15) is 9.59 Å². The first-order chi connectivity index (χ1) is 23.0. The molecule has 1 N–H and O–H groups in total. The number of likely N-dealkylation sites (tertiary alicyclic amines) is 1. The average Bonchev–Trinajstić information content (AvgIpc) is 3.63. The molecular weight excluding hydrogens is 588 g/mol. The molecule has 242 valence electrons. The lowest BCUT2D eigenvalue weighted by Gasteiger charge is -2.42. The Morgan fingerprint density at radius 3 is 2.57 bits per heavy atom. The van der Waals surface area contributed by atoms with Crippen LogP contribution in [0.4, 0.5) is 5.69 Å². The van der Waals surface area contributed by atoms with Crippen LogP contribution in [0.3, 0.4) is 0 Å². The predicted molar refractivity (Wildman–Crippen MR) is 184 cm³/mol. The normalized spacial score (nSPS) is 19.1. The summed E-state index contributed by atoms with van der Waals surface area (Å²) in [6.45, 7) is 2.90. The van der Waals surface area contributed by atoms with Crippen molar-refractivity contribution in [2.75, 3.05) is 33.4 Å². The molecule has 3 aliphatic heterocycles. The van der Waals surface area contributed by atoms with Crippen LogP contribution in [0, 0.1) is 0 Å². The maximum atomic E-state index is 14.4. The average molecular weight is 631 g/mol. The number of hydrogen-bond acceptors (Lipinski definition) is 6. The summed E-state index contributed by atoms with van der Waals surface area (Å²) in [4.78, 5) is 33.6. The highest BCUT2D eigenvalue weighted by Crippen LogP contribution is 2.47. The van der Waals surface area contributed by atoms with E-state index < -0.39 is 5.54 Å². The number of carbonyl (C=O) groups excluding carboxylic acids is 2. The summed E-state index contributed by atoms with van der Waals surface area (Å²) in [6, 6.07) is 22.9. The van der Waals surface area contributed by atoms with Gasteiger partial charge in [0.25, 0.3) is 5.91 Å². The van der Waals surface area contributed by atoms with Gasteiger partial charge in [-0.2, -0.15) is 0 Å². The van der Waals surface area contributed by atoms with Gasteiger partial charge in [0, 0.05) is 47.3 Å². The molecule has 1 saturated carbocycles. The second-order valence-electron chi connectivity index (χ2n) is 13.6. The molecule has 8 nitrogen and oxygen atoms in total. The smallest absolute Gasteiger partial charge is 0.319 e. The number of ether oxygens (including phenoxy) is 2. The van der Waals surface area contributed by atoms with Crippen LogP contribution in [-0.2, 0) is 22.5 Å². The molecule has 4 aliphatic rings. The lowest BCUT2D eigenvalue weighted by Crippen LogP contribution is -2.60. The molecule has 0 bridgehead atoms. The van der Waals surface area contributed by atoms with Gasteiger partial charge in [-0.25, -0.2) is 0 Å². The number of methoxy groups -OCH3 is 1. The molecular formula is C39H42N4O4. The molecule has 1 aromatic heterocycles. The molecule has 8 heteroatoms. The molecule has 3 aromatic carbocycles. The van der Waals surface area contributed by atoms with Crippen LogP contribution in [0.5, 0.6) is 5.75 Å². The minimum absolute atomic E-state index is 0.0907. The summed E-state index contributed by atoms with van der Waals surface area (Å²) in [5.41, 5.74) is 8.11. The Bertz CT molecular complexity index is 1880. The van der Waals surface area contributed by atoms with Gasteiger partial charge in [-0.3, -0.25) is 19.5 Å². The SMILES string of the molecule is COC(=O)CN1CCC(NC(=O)c2ccc3c(C4CCCCC4)c4n(c3c2)CCOc2ccccc2-4)(C2=Nc3ccccc3C2)CC1. The Hall–Kier alpha value is -4.43. The first kappa shape index (κ1) is 29.9. The fraction of sp³-hybridized carbons (Fsp3) is 0.410. The number of benzene rings is 3. The van der Waals surface area contributed by atoms with Crippen molar-refractivity contribution < 1.29 is 19.1 Å². The van der Waals surface area contributed by atoms with Crippen molar-refractivity contribution in [3.05, 3.63) is 83.4 Å². The topological polar surface area (TPSA) is 85.2 Å². The number of piperidine rings is 1. The molecule has 0 radical (unpaired) electrons. The zero-order valence-electron chi connectivity index (χ0n) is 27.1. The molecule has 47 heavy (non-hydrogen) atoms. The second-order valence-corrected chi connectivity index (χ2v) is 13.6. The van der Waals surface area contributed by atoms with Gasteiger partial charge in [-0.05, 0) is 73.1 Å². The van der Waals surface area contributed by atoms with Gasteiger partial charge in [0.05, 0.1) is 37.1 Å². The summed E-state index contributed by atoms with van der Waals surface area (Å²) in [7, 11) is 1.42. The number of esters is 1. The third-order valence-electron chi connectivity index (χ3n) is 10.9. The van der Waals surface area contributed by atoms with Gasteiger partial charge >= 0.3 is 5.97 Å². The predicted octanol–water partition coefficient (Wildman–Crippen LogP) is 6.81. The van der Waals surface area contributed by atoms with Crippen LogP contribution >= 0.6 is 0 Å². The zero-order valence-corrected chi connectivity index (χ0v) is 27.1. The van der Waals surface area contributed by atoms with Crippen molar-refractivity contribution in [2.45, 2.75) is 69.4 Å². The van der Waals surface area contributed by atoms with Crippen molar-refractivity contribution in [1.29, 1.82) is 0 Å². The van der Waals surface area contributed by atoms with Crippen molar-refractivity contribution in [3.8, 4) is 17.0 Å². The number of rotatable bonds is 6. The number of para-hydroxylation sites is 2. The largest absolute Gasteiger partial charge is 0.491 e. The van der Waals surface area contributed by atoms with E-state index in [1.54, 1.807) is 0 Å². The number of nitrogens with zero attached hydrogens (tertiary/aromatic N) is 3. The number of hydrogen-bond donors (Lipinski definition) is 1. The number of amides is 1. The second kappa shape index (κ2) is 12.3. The van der Waals surface area contributed by atoms with Crippen LogP contribution in [0.1, 0.15) is 72.3 Å². The van der Waals surface area contributed by atoms with Crippen molar-refractivity contribution >= 4 is 34.2 Å². The Morgan fingerprint density at radius 2 is 1.77 bits per heavy atom. The summed E-state index contributed by atoms with van der Waals surface area (Å²) in [6.07, 6.45) is 8.24. The van der Waals surface area contributed by atoms with Crippen molar-refractivity contribution in [1.82, 2.24) is 14.8 Å². The van der Waals surface area contributed by atoms with E-state index in [1.807, 2.05) is 30.3 Å². The molecule has 8 rings (SSSR count). The van der Waals surface area contributed by atoms with Crippen molar-refractivity contribution in [2.24, 2.45) is 4.99 Å². The minimum atomic E-state index is -0.603. The van der Waals surface area contributed by atoms with E-state index in [-0.39, 0.29) is 18.4 Å². The molecule has 4 heterocycles. The maximum Gasteiger partial charge on any atom is 0.319 e. The van der Waals surface area contributed by atoms with Gasteiger partial charge in [-0.1, -0.05) is 55.7 Å². The van der Waals surface area contributed by atoms with Crippen LogP contribution < -0.4 is 10.1 Å². The maximum absolute atomic E-state index is 14.4. The van der Waals surface area contributed by atoms with Gasteiger partial charge in [-0.15, -0.1) is 0 Å². The lowest BCUT2D eigenvalue weighted by atomic mass is 9.80. The van der Waals surface area contributed by atoms with E-state index in [0.717, 1.165) is 34.8 Å². The summed E-state index contributed by atoms with van der Waals surface area (Å²) in [5.74, 6) is 1.09. The van der Waals surface area contributed by atoms with Gasteiger partial charge in [0.2, 0.25) is 0 Å². The van der Waals surface area contributed by atoms with Crippen LogP contribution in [0.2, 0.25) is 0 Å². The van der Waals surface area contributed by atoms with Crippen molar-refractivity contribution in [3.63, 3.8) is 0 Å². The third kappa shape index (κ3) is 5.42. The summed E-state index contributed by atoms with van der Waals surface area (Å²) >= 11 is 0. The first-order valence-electron chi connectivity index (χ1n) is 17.2. The number of aliphatic imine (C=N–C) groups is 1. The number of nitrogens with one attached hydrogen (secondary N) is 1. The molecule has 1 aliphatic carbocycles. The van der Waals surface area contributed by atoms with Crippen LogP contribution in [-0.4, -0.2) is 65.9 Å². The summed E-state index contributed by atoms with van der Waals surface area (Å²) in [5, 5.41) is 4.76. The molecule has 2 fully saturated rings. The van der Waals surface area contributed by atoms with Crippen LogP contribution in [0.25, 0.3) is 22.2 Å². The Kier molecular flexibility index (Phi) is 7.84. The molecule has 1 amide bonds. The van der Waals surface area contributed by atoms with Gasteiger partial charge in [0.15, 0.2) is 0 Å². The number of aromatic nitrogens is 1. The van der Waals surface area contributed by atoms with Gasteiger partial charge < -0.3 is 19.4 Å². The quantitative estimate of drug-likeness (QED) is 0.237. The summed E-state index contributed by atoms with van der Waals surface area (Å²) < 4.78 is 13.6. The molecule has 1 saturated heterocycles. The fourth-order valence-electron chi connectivity index (χ4n) is 8.41. The van der Waals surface area contributed by atoms with E-state index in [1.165, 1.54) is 61.4 Å². The number of carbonyl (C=O) groups is 2. The highest BCUT2D eigenvalue weighted by molar-refractivity contribution is 6.07. The molecule has 0 spiro atoms. The van der Waals surface area contributed by atoms with E-state index >= 15 is 0 Å². The minimum Gasteiger partial charge on any atom is -0.491 e. The van der Waals surface area contributed by atoms with E-state index in [4.69, 9.17) is 14.5 Å². The highest BCUT2D eigenvalue weighted by atomic mass is 16.5. The standard InChI is InChI=1S/C39H42N4O4/c1-46-35(44)25-42-19-17-39(18-20-42,34-24-27-11-5-7-13-31(27)40-34)41-38(45)28-15-16-29-32(23-28)43-21-22-47-33-14-8-6-12-30(33)37(43)36(29)26-9-3-2-4-10-26/h5-8,11-16,23,26H,2-4,9-10,17-22,24-25H2,1H3,(H,41,45). The van der Waals surface area contributed by atoms with Crippen LogP contribution in [0.15, 0.2) is 71.7 Å². The fourth-order valence-corrected chi connectivity index (χ4v) is 8.41. The van der Waals surface area contributed by atoms with E-state index in [2.05, 4.69) is 51.2 Å².